The molecule has 0 aliphatic carbocycles. The fourth-order valence-corrected chi connectivity index (χ4v) is 2.68. The number of rotatable bonds is 5. The zero-order valence-corrected chi connectivity index (χ0v) is 13.2. The molecule has 112 valence electrons. The lowest BCUT2D eigenvalue weighted by molar-refractivity contribution is -0.384. The van der Waals surface area contributed by atoms with Crippen LogP contribution in [0.2, 0.25) is 0 Å². The maximum atomic E-state index is 12.0. The molecular formula is C14H16N2O3S2. The quantitative estimate of drug-likeness (QED) is 0.678. The smallest absolute Gasteiger partial charge is 0.270 e. The third kappa shape index (κ3) is 4.87. The fourth-order valence-electron chi connectivity index (χ4n) is 1.85. The average molecular weight is 324 g/mol. The van der Waals surface area contributed by atoms with Crippen LogP contribution < -0.4 is 5.32 Å². The molecule has 0 spiro atoms. The molecule has 1 aromatic heterocycles. The number of nitrogens with one attached hydrogen (secondary N) is 1. The Morgan fingerprint density at radius 1 is 1.38 bits per heavy atom. The first-order valence-electron chi connectivity index (χ1n) is 6.14. The van der Waals surface area contributed by atoms with Crippen molar-refractivity contribution in [1.82, 2.24) is 5.32 Å². The van der Waals surface area contributed by atoms with Crippen LogP contribution >= 0.6 is 24.8 Å². The zero-order chi connectivity index (χ0) is 14.5. The highest BCUT2D eigenvalue weighted by Gasteiger charge is 2.14. The van der Waals surface area contributed by atoms with Crippen molar-refractivity contribution < 1.29 is 9.72 Å². The maximum Gasteiger partial charge on any atom is 0.270 e. The van der Waals surface area contributed by atoms with E-state index in [2.05, 4.69) is 5.32 Å². The number of hydrogen-bond acceptors (Lipinski definition) is 4. The summed E-state index contributed by atoms with van der Waals surface area (Å²) < 4.78 is 0. The van der Waals surface area contributed by atoms with Gasteiger partial charge in [0.05, 0.1) is 4.92 Å². The normalized spacial score (nSPS) is 11.3. The monoisotopic (exact) mass is 324 g/mol. The standard InChI is InChI=1S/C14H14N2O3S.H2S/c1-10(8-13-6-3-7-20-13)15-14(17)11-4-2-5-12(9-11)16(18)19;/h2-7,9-10H,8H2,1H3,(H,15,17);1H2/t10-;/m0./s1. The maximum absolute atomic E-state index is 12.0. The van der Waals surface area contributed by atoms with Crippen LogP contribution in [0.5, 0.6) is 0 Å². The van der Waals surface area contributed by atoms with Crippen LogP contribution in [-0.4, -0.2) is 16.9 Å². The third-order valence-corrected chi connectivity index (χ3v) is 3.68. The van der Waals surface area contributed by atoms with Crippen LogP contribution in [0.25, 0.3) is 0 Å². The van der Waals surface area contributed by atoms with E-state index in [1.807, 2.05) is 24.4 Å². The number of non-ortho nitro benzene ring substituents is 1. The minimum Gasteiger partial charge on any atom is -0.349 e. The molecule has 21 heavy (non-hydrogen) atoms. The molecule has 7 heteroatoms. The van der Waals surface area contributed by atoms with Gasteiger partial charge in [-0.15, -0.1) is 11.3 Å². The zero-order valence-electron chi connectivity index (χ0n) is 11.4. The number of carbonyl (C=O) groups is 1. The summed E-state index contributed by atoms with van der Waals surface area (Å²) in [5.41, 5.74) is 0.223. The van der Waals surface area contributed by atoms with Gasteiger partial charge >= 0.3 is 0 Å². The second-order valence-electron chi connectivity index (χ2n) is 4.47. The molecule has 0 saturated heterocycles. The number of nitrogens with zero attached hydrogens (tertiary/aromatic N) is 1. The van der Waals surface area contributed by atoms with E-state index in [1.165, 1.54) is 23.1 Å². The molecule has 0 radical (unpaired) electrons. The van der Waals surface area contributed by atoms with Crippen LogP contribution in [0, 0.1) is 10.1 Å². The molecule has 0 fully saturated rings. The van der Waals surface area contributed by atoms with Gasteiger partial charge in [-0.05, 0) is 24.4 Å². The summed E-state index contributed by atoms with van der Waals surface area (Å²) in [5.74, 6) is -0.294. The summed E-state index contributed by atoms with van der Waals surface area (Å²) in [6, 6.07) is 9.69. The van der Waals surface area contributed by atoms with Crippen LogP contribution in [0.4, 0.5) is 5.69 Å². The van der Waals surface area contributed by atoms with Crippen molar-refractivity contribution in [2.75, 3.05) is 0 Å². The van der Waals surface area contributed by atoms with Crippen molar-refractivity contribution in [3.05, 3.63) is 62.3 Å². The Kier molecular flexibility index (Phi) is 6.39. The second-order valence-corrected chi connectivity index (χ2v) is 5.50. The topological polar surface area (TPSA) is 72.2 Å². The van der Waals surface area contributed by atoms with Crippen molar-refractivity contribution >= 4 is 36.4 Å². The molecule has 1 aromatic carbocycles. The summed E-state index contributed by atoms with van der Waals surface area (Å²) in [5, 5.41) is 15.5. The van der Waals surface area contributed by atoms with Crippen molar-refractivity contribution in [1.29, 1.82) is 0 Å². The molecular weight excluding hydrogens is 308 g/mol. The minimum absolute atomic E-state index is 0. The Hall–Kier alpha value is -1.86. The highest BCUT2D eigenvalue weighted by molar-refractivity contribution is 7.59. The number of nitro benzene ring substituents is 1. The Morgan fingerprint density at radius 2 is 2.14 bits per heavy atom. The van der Waals surface area contributed by atoms with Crippen LogP contribution in [0.15, 0.2) is 41.8 Å². The molecule has 0 aliphatic rings. The van der Waals surface area contributed by atoms with E-state index < -0.39 is 4.92 Å². The van der Waals surface area contributed by atoms with E-state index in [4.69, 9.17) is 0 Å². The van der Waals surface area contributed by atoms with Crippen LogP contribution in [-0.2, 0) is 6.42 Å². The minimum atomic E-state index is -0.508. The van der Waals surface area contributed by atoms with Gasteiger partial charge in [0.1, 0.15) is 0 Å². The molecule has 0 aliphatic heterocycles. The van der Waals surface area contributed by atoms with Gasteiger partial charge in [-0.25, -0.2) is 0 Å². The Labute approximate surface area is 133 Å². The molecule has 5 nitrogen and oxygen atoms in total. The summed E-state index contributed by atoms with van der Waals surface area (Å²) in [6.07, 6.45) is 0.748. The molecule has 1 amide bonds. The Balaban J connectivity index is 0.00000220. The number of thiophene rings is 1. The lowest BCUT2D eigenvalue weighted by Gasteiger charge is -2.12. The molecule has 0 bridgehead atoms. The summed E-state index contributed by atoms with van der Waals surface area (Å²) >= 11 is 1.64. The van der Waals surface area contributed by atoms with Gasteiger partial charge in [-0.2, -0.15) is 13.5 Å². The van der Waals surface area contributed by atoms with Gasteiger partial charge in [-0.3, -0.25) is 14.9 Å². The van der Waals surface area contributed by atoms with Gasteiger partial charge in [0.2, 0.25) is 0 Å². The Bertz CT molecular complexity index is 614. The van der Waals surface area contributed by atoms with E-state index in [0.29, 0.717) is 5.56 Å². The van der Waals surface area contributed by atoms with Crippen molar-refractivity contribution in [3.8, 4) is 0 Å². The fraction of sp³-hybridized carbons (Fsp3) is 0.214. The number of amides is 1. The average Bonchev–Trinajstić information content (AvgIpc) is 2.91. The van der Waals surface area contributed by atoms with Crippen molar-refractivity contribution in [3.63, 3.8) is 0 Å². The summed E-state index contributed by atoms with van der Waals surface area (Å²) in [7, 11) is 0. The van der Waals surface area contributed by atoms with Crippen molar-refractivity contribution in [2.45, 2.75) is 19.4 Å². The van der Waals surface area contributed by atoms with Crippen molar-refractivity contribution in [2.24, 2.45) is 0 Å². The van der Waals surface area contributed by atoms with Crippen LogP contribution in [0.3, 0.4) is 0 Å². The number of carbonyl (C=O) groups excluding carboxylic acids is 1. The summed E-state index contributed by atoms with van der Waals surface area (Å²) in [4.78, 5) is 23.4. The second kappa shape index (κ2) is 7.80. The van der Waals surface area contributed by atoms with Gasteiger partial charge < -0.3 is 5.32 Å². The van der Waals surface area contributed by atoms with E-state index >= 15 is 0 Å². The first kappa shape index (κ1) is 17.2. The van der Waals surface area contributed by atoms with E-state index in [-0.39, 0.29) is 31.1 Å². The highest BCUT2D eigenvalue weighted by atomic mass is 32.1. The molecule has 1 heterocycles. The van der Waals surface area contributed by atoms with Gasteiger partial charge in [0.15, 0.2) is 0 Å². The van der Waals surface area contributed by atoms with Gasteiger partial charge in [0.25, 0.3) is 11.6 Å². The molecule has 1 N–H and O–H groups in total. The predicted molar refractivity (Wildman–Crippen MR) is 88.4 cm³/mol. The molecule has 0 unspecified atom stereocenters. The molecule has 0 saturated carbocycles. The first-order valence-corrected chi connectivity index (χ1v) is 7.02. The molecule has 2 aromatic rings. The number of hydrogen-bond donors (Lipinski definition) is 1. The number of benzene rings is 1. The Morgan fingerprint density at radius 3 is 2.76 bits per heavy atom. The van der Waals surface area contributed by atoms with Crippen LogP contribution in [0.1, 0.15) is 22.2 Å². The first-order chi connectivity index (χ1) is 9.56. The third-order valence-electron chi connectivity index (χ3n) is 2.78. The number of nitro groups is 1. The SMILES string of the molecule is C[C@@H](Cc1cccs1)NC(=O)c1cccc([N+](=O)[O-])c1.S. The predicted octanol–water partition coefficient (Wildman–Crippen LogP) is 3.13. The lowest BCUT2D eigenvalue weighted by atomic mass is 10.1. The van der Waals surface area contributed by atoms with Gasteiger partial charge in [-0.1, -0.05) is 12.1 Å². The molecule has 1 atom stereocenters. The van der Waals surface area contributed by atoms with E-state index in [9.17, 15) is 14.9 Å². The highest BCUT2D eigenvalue weighted by Crippen LogP contribution is 2.14. The van der Waals surface area contributed by atoms with E-state index in [0.717, 1.165) is 6.42 Å². The van der Waals surface area contributed by atoms with Gasteiger partial charge in [0, 0.05) is 35.0 Å². The van der Waals surface area contributed by atoms with E-state index in [1.54, 1.807) is 17.4 Å². The summed E-state index contributed by atoms with van der Waals surface area (Å²) in [6.45, 7) is 1.91. The largest absolute Gasteiger partial charge is 0.349 e. The molecule has 2 rings (SSSR count). The lowest BCUT2D eigenvalue weighted by Crippen LogP contribution is -2.33.